The fourth-order valence-electron chi connectivity index (χ4n) is 2.87. The van der Waals surface area contributed by atoms with Gasteiger partial charge in [0.05, 0.1) is 11.9 Å². The molecule has 1 aromatic heterocycles. The molecule has 28 heavy (non-hydrogen) atoms. The van der Waals surface area contributed by atoms with Gasteiger partial charge in [-0.05, 0) is 17.7 Å². The van der Waals surface area contributed by atoms with E-state index >= 15 is 0 Å². The maximum atomic E-state index is 13.6. The molecular weight excluding hydrogens is 370 g/mol. The highest BCUT2D eigenvalue weighted by Gasteiger charge is 2.22. The minimum absolute atomic E-state index is 0.0838. The van der Waals surface area contributed by atoms with E-state index in [-0.39, 0.29) is 27.6 Å². The van der Waals surface area contributed by atoms with E-state index in [1.165, 1.54) is 18.2 Å². The second-order valence-corrected chi connectivity index (χ2v) is 5.97. The van der Waals surface area contributed by atoms with Gasteiger partial charge in [0.25, 0.3) is 0 Å². The van der Waals surface area contributed by atoms with Crippen LogP contribution in [0.15, 0.2) is 36.4 Å². The summed E-state index contributed by atoms with van der Waals surface area (Å²) in [5.41, 5.74) is -0.230. The molecule has 0 aliphatic rings. The third-order valence-corrected chi connectivity index (χ3v) is 4.11. The van der Waals surface area contributed by atoms with Crippen LogP contribution in [0.5, 0.6) is 5.75 Å². The van der Waals surface area contributed by atoms with Gasteiger partial charge in [-0.15, -0.1) is 0 Å². The van der Waals surface area contributed by atoms with Crippen LogP contribution in [0, 0.1) is 23.0 Å². The Labute approximate surface area is 157 Å². The number of aromatic nitrogens is 1. The van der Waals surface area contributed by atoms with Crippen molar-refractivity contribution in [2.45, 2.75) is 12.8 Å². The lowest BCUT2D eigenvalue weighted by atomic mass is 9.97. The number of hydrogen-bond acceptors (Lipinski definition) is 5. The smallest absolute Gasteiger partial charge is 0.303 e. The average Bonchev–Trinajstić information content (AvgIpc) is 2.64. The summed E-state index contributed by atoms with van der Waals surface area (Å²) in [5.74, 6) is -4.26. The largest absolute Gasteiger partial charge is 0.504 e. The van der Waals surface area contributed by atoms with Crippen molar-refractivity contribution in [1.82, 2.24) is 4.98 Å². The Hall–Kier alpha value is -3.86. The fourth-order valence-corrected chi connectivity index (χ4v) is 2.87. The van der Waals surface area contributed by atoms with E-state index < -0.39 is 47.7 Å². The second-order valence-electron chi connectivity index (χ2n) is 5.97. The number of nitrogens with zero attached hydrogens (tertiary/aromatic N) is 2. The fraction of sp³-hybridized carbons (Fsp3) is 0.100. The van der Waals surface area contributed by atoms with Gasteiger partial charge in [0, 0.05) is 23.4 Å². The van der Waals surface area contributed by atoms with Crippen LogP contribution in [0.3, 0.4) is 0 Å². The molecule has 1 heterocycles. The molecule has 0 aliphatic heterocycles. The van der Waals surface area contributed by atoms with Gasteiger partial charge in [-0.1, -0.05) is 18.2 Å². The quantitative estimate of drug-likeness (QED) is 0.649. The zero-order valence-electron chi connectivity index (χ0n) is 14.2. The van der Waals surface area contributed by atoms with Crippen LogP contribution in [0.25, 0.3) is 22.0 Å². The number of carbonyl (C=O) groups is 2. The van der Waals surface area contributed by atoms with Crippen LogP contribution >= 0.6 is 0 Å². The van der Waals surface area contributed by atoms with Crippen molar-refractivity contribution in [2.24, 2.45) is 0 Å². The van der Waals surface area contributed by atoms with Crippen molar-refractivity contribution in [1.29, 1.82) is 5.26 Å². The van der Waals surface area contributed by atoms with Gasteiger partial charge in [0.2, 0.25) is 0 Å². The maximum absolute atomic E-state index is 13.6. The van der Waals surface area contributed by atoms with Gasteiger partial charge < -0.3 is 10.2 Å². The number of carboxylic acids is 1. The Bertz CT molecular complexity index is 1150. The summed E-state index contributed by atoms with van der Waals surface area (Å²) >= 11 is 0. The number of para-hydroxylation sites is 1. The van der Waals surface area contributed by atoms with Crippen molar-refractivity contribution in [3.05, 3.63) is 59.3 Å². The first-order valence-electron chi connectivity index (χ1n) is 8.09. The van der Waals surface area contributed by atoms with E-state index in [0.29, 0.717) is 6.07 Å². The lowest BCUT2D eigenvalue weighted by Crippen LogP contribution is -2.08. The average molecular weight is 382 g/mol. The van der Waals surface area contributed by atoms with E-state index in [9.17, 15) is 28.7 Å². The lowest BCUT2D eigenvalue weighted by molar-refractivity contribution is -0.136. The van der Waals surface area contributed by atoms with Gasteiger partial charge in [-0.2, -0.15) is 5.26 Å². The topological polar surface area (TPSA) is 111 Å². The van der Waals surface area contributed by atoms with Gasteiger partial charge in [-0.25, -0.2) is 13.8 Å². The Morgan fingerprint density at radius 2 is 1.79 bits per heavy atom. The zero-order valence-corrected chi connectivity index (χ0v) is 14.2. The number of hydrogen-bond donors (Lipinski definition) is 2. The summed E-state index contributed by atoms with van der Waals surface area (Å²) in [5, 5.41) is 28.7. The molecule has 0 atom stereocenters. The van der Waals surface area contributed by atoms with Crippen molar-refractivity contribution >= 4 is 22.7 Å². The summed E-state index contributed by atoms with van der Waals surface area (Å²) in [6.07, 6.45) is -0.903. The first kappa shape index (κ1) is 18.9. The predicted octanol–water partition coefficient (Wildman–Crippen LogP) is 3.80. The molecule has 140 valence electrons. The van der Waals surface area contributed by atoms with Crippen LogP contribution in [-0.4, -0.2) is 26.9 Å². The molecule has 6 nitrogen and oxygen atoms in total. The Morgan fingerprint density at radius 1 is 1.11 bits per heavy atom. The molecule has 0 fully saturated rings. The number of aliphatic carboxylic acids is 1. The molecule has 0 aliphatic carbocycles. The second kappa shape index (κ2) is 7.40. The van der Waals surface area contributed by atoms with Gasteiger partial charge in [0.15, 0.2) is 11.5 Å². The normalized spacial score (nSPS) is 10.6. The maximum Gasteiger partial charge on any atom is 0.303 e. The van der Waals surface area contributed by atoms with Crippen molar-refractivity contribution < 1.29 is 28.6 Å². The minimum atomic E-state index is -1.20. The predicted molar refractivity (Wildman–Crippen MR) is 94.7 cm³/mol. The molecule has 3 aromatic rings. The number of carbonyl (C=O) groups excluding carboxylic acids is 1. The monoisotopic (exact) mass is 382 g/mol. The lowest BCUT2D eigenvalue weighted by Gasteiger charge is -2.12. The summed E-state index contributed by atoms with van der Waals surface area (Å²) in [6, 6.07) is 9.15. The molecule has 0 saturated heterocycles. The first-order chi connectivity index (χ1) is 13.3. The van der Waals surface area contributed by atoms with Crippen molar-refractivity contribution in [2.75, 3.05) is 0 Å². The molecule has 0 saturated carbocycles. The molecule has 0 unspecified atom stereocenters. The number of carboxylic acid groups (broad SMARTS) is 1. The summed E-state index contributed by atoms with van der Waals surface area (Å²) < 4.78 is 27.3. The molecule has 0 spiro atoms. The molecule has 0 radical (unpaired) electrons. The number of Topliss-reactive ketones (excluding diaryl/α,β-unsaturated/α-hetero) is 1. The minimum Gasteiger partial charge on any atom is -0.504 e. The number of aromatic hydroxyl groups is 1. The van der Waals surface area contributed by atoms with Crippen LogP contribution in [0.2, 0.25) is 0 Å². The molecule has 0 amide bonds. The highest BCUT2D eigenvalue weighted by atomic mass is 19.1. The highest BCUT2D eigenvalue weighted by Crippen LogP contribution is 2.35. The number of fused-ring (bicyclic) bond motifs is 1. The highest BCUT2D eigenvalue weighted by molar-refractivity contribution is 6.05. The van der Waals surface area contributed by atoms with Gasteiger partial charge >= 0.3 is 5.97 Å². The SMILES string of the molecule is N#Cc1c(O)c(C(=O)CCC(=O)O)nc2c(-c3cc(F)cc(F)c3)cccc12. The number of pyridine rings is 1. The van der Waals surface area contributed by atoms with E-state index in [1.54, 1.807) is 6.07 Å². The van der Waals surface area contributed by atoms with Crippen LogP contribution in [0.1, 0.15) is 28.9 Å². The molecule has 8 heteroatoms. The zero-order chi connectivity index (χ0) is 20.4. The van der Waals surface area contributed by atoms with Crippen LogP contribution < -0.4 is 0 Å². The number of ketones is 1. The summed E-state index contributed by atoms with van der Waals surface area (Å²) in [7, 11) is 0. The molecular formula is C20H12F2N2O4. The molecule has 3 rings (SSSR count). The number of halogens is 2. The molecule has 2 aromatic carbocycles. The van der Waals surface area contributed by atoms with Crippen molar-refractivity contribution in [3.8, 4) is 22.9 Å². The third-order valence-electron chi connectivity index (χ3n) is 4.11. The van der Waals surface area contributed by atoms with E-state index in [1.807, 2.05) is 0 Å². The van der Waals surface area contributed by atoms with Crippen LogP contribution in [0.4, 0.5) is 8.78 Å². The Balaban J connectivity index is 2.28. The molecule has 2 N–H and O–H groups in total. The third kappa shape index (κ3) is 3.50. The summed E-state index contributed by atoms with van der Waals surface area (Å²) in [6.45, 7) is 0. The van der Waals surface area contributed by atoms with Gasteiger partial charge in [0.1, 0.15) is 29.0 Å². The first-order valence-corrected chi connectivity index (χ1v) is 8.09. The Morgan fingerprint density at radius 3 is 2.39 bits per heavy atom. The number of nitriles is 1. The van der Waals surface area contributed by atoms with E-state index in [0.717, 1.165) is 12.1 Å². The van der Waals surface area contributed by atoms with Gasteiger partial charge in [-0.3, -0.25) is 9.59 Å². The molecule has 0 bridgehead atoms. The van der Waals surface area contributed by atoms with E-state index in [2.05, 4.69) is 4.98 Å². The van der Waals surface area contributed by atoms with Crippen molar-refractivity contribution in [3.63, 3.8) is 0 Å². The summed E-state index contributed by atoms with van der Waals surface area (Å²) in [4.78, 5) is 27.1. The van der Waals surface area contributed by atoms with Crippen LogP contribution in [-0.2, 0) is 4.79 Å². The Kier molecular flexibility index (Phi) is 5.00. The standard InChI is InChI=1S/C20H12F2N2O4/c21-11-6-10(7-12(22)8-11)13-2-1-3-14-15(9-23)20(28)19(24-18(13)14)16(25)4-5-17(26)27/h1-3,6-8,28H,4-5H2,(H,26,27). The number of benzene rings is 2. The van der Waals surface area contributed by atoms with E-state index in [4.69, 9.17) is 5.11 Å². The number of rotatable bonds is 5.